The van der Waals surface area contributed by atoms with Gasteiger partial charge in [-0.2, -0.15) is 4.68 Å². The number of carbonyl (C=O) groups excluding carboxylic acids is 2. The molecular weight excluding hydrogens is 318 g/mol. The van der Waals surface area contributed by atoms with Crippen LogP contribution in [-0.2, 0) is 0 Å². The van der Waals surface area contributed by atoms with Crippen molar-refractivity contribution in [2.75, 3.05) is 11.1 Å². The molecule has 2 aromatic carbocycles. The maximum Gasteiger partial charge on any atom is 0.280 e. The fourth-order valence-corrected chi connectivity index (χ4v) is 2.38. The molecule has 0 saturated heterocycles. The number of rotatable bonds is 4. The summed E-state index contributed by atoms with van der Waals surface area (Å²) in [6, 6.07) is 14.1. The van der Waals surface area contributed by atoms with Crippen LogP contribution in [0.25, 0.3) is 5.69 Å². The molecule has 3 aromatic rings. The van der Waals surface area contributed by atoms with Crippen LogP contribution in [0.1, 0.15) is 33.3 Å². The lowest BCUT2D eigenvalue weighted by Gasteiger charge is -2.06. The van der Waals surface area contributed by atoms with Crippen LogP contribution < -0.4 is 11.1 Å². The normalized spacial score (nSPS) is 10.5. The maximum absolute atomic E-state index is 12.4. The number of Topliss-reactive ketones (excluding diaryl/α,β-unsaturated/α-hetero) is 1. The fraction of sp³-hybridized carbons (Fsp3) is 0.111. The van der Waals surface area contributed by atoms with E-state index in [0.29, 0.717) is 11.3 Å². The first-order valence-electron chi connectivity index (χ1n) is 7.66. The number of aryl methyl sites for hydroxylation is 1. The van der Waals surface area contributed by atoms with Crippen molar-refractivity contribution in [3.8, 4) is 5.69 Å². The Morgan fingerprint density at radius 1 is 1.12 bits per heavy atom. The van der Waals surface area contributed by atoms with Crippen molar-refractivity contribution in [2.45, 2.75) is 13.8 Å². The lowest BCUT2D eigenvalue weighted by Crippen LogP contribution is -2.15. The maximum atomic E-state index is 12.4. The second kappa shape index (κ2) is 6.56. The predicted molar refractivity (Wildman–Crippen MR) is 94.9 cm³/mol. The molecule has 7 heteroatoms. The van der Waals surface area contributed by atoms with Crippen molar-refractivity contribution in [3.05, 3.63) is 65.4 Å². The Balaban J connectivity index is 1.82. The van der Waals surface area contributed by atoms with E-state index in [0.717, 1.165) is 11.3 Å². The molecular formula is C18H17N5O2. The number of nitrogen functional groups attached to an aromatic ring is 1. The summed E-state index contributed by atoms with van der Waals surface area (Å²) in [7, 11) is 0. The van der Waals surface area contributed by atoms with Crippen LogP contribution in [0.5, 0.6) is 0 Å². The number of anilines is 2. The second-order valence-corrected chi connectivity index (χ2v) is 5.66. The topological polar surface area (TPSA) is 103 Å². The standard InChI is InChI=1S/C18H17N5O2/c1-11-4-3-5-15(10-11)23-17(19)16(21-22-23)18(25)20-14-8-6-13(7-9-14)12(2)24/h3-10H,19H2,1-2H3,(H,20,25). The summed E-state index contributed by atoms with van der Waals surface area (Å²) < 4.78 is 1.42. The minimum Gasteiger partial charge on any atom is -0.382 e. The minimum atomic E-state index is -0.466. The van der Waals surface area contributed by atoms with Crippen LogP contribution in [0, 0.1) is 6.92 Å². The van der Waals surface area contributed by atoms with Gasteiger partial charge in [0.1, 0.15) is 0 Å². The highest BCUT2D eigenvalue weighted by molar-refractivity contribution is 6.06. The molecule has 0 radical (unpaired) electrons. The van der Waals surface area contributed by atoms with Crippen LogP contribution in [0.4, 0.5) is 11.5 Å². The summed E-state index contributed by atoms with van der Waals surface area (Å²) in [5.41, 5.74) is 8.97. The SMILES string of the molecule is CC(=O)c1ccc(NC(=O)c2nnn(-c3cccc(C)c3)c2N)cc1. The van der Waals surface area contributed by atoms with E-state index in [-0.39, 0.29) is 17.3 Å². The largest absolute Gasteiger partial charge is 0.382 e. The average molecular weight is 335 g/mol. The number of hydrogen-bond donors (Lipinski definition) is 2. The fourth-order valence-electron chi connectivity index (χ4n) is 2.38. The molecule has 1 heterocycles. The number of benzene rings is 2. The van der Waals surface area contributed by atoms with Crippen molar-refractivity contribution in [2.24, 2.45) is 0 Å². The Bertz CT molecular complexity index is 944. The molecule has 1 amide bonds. The van der Waals surface area contributed by atoms with Gasteiger partial charge < -0.3 is 11.1 Å². The molecule has 126 valence electrons. The van der Waals surface area contributed by atoms with Gasteiger partial charge in [-0.15, -0.1) is 5.10 Å². The molecule has 25 heavy (non-hydrogen) atoms. The van der Waals surface area contributed by atoms with Gasteiger partial charge in [0, 0.05) is 11.3 Å². The molecule has 0 atom stereocenters. The number of carbonyl (C=O) groups is 2. The summed E-state index contributed by atoms with van der Waals surface area (Å²) in [6.07, 6.45) is 0. The molecule has 0 aliphatic heterocycles. The first-order chi connectivity index (χ1) is 12.0. The summed E-state index contributed by atoms with van der Waals surface area (Å²) >= 11 is 0. The predicted octanol–water partition coefficient (Wildman–Crippen LogP) is 2.61. The molecule has 3 N–H and O–H groups in total. The number of amides is 1. The third kappa shape index (κ3) is 3.40. The van der Waals surface area contributed by atoms with Gasteiger partial charge in [-0.1, -0.05) is 17.3 Å². The number of aromatic nitrogens is 3. The summed E-state index contributed by atoms with van der Waals surface area (Å²) in [4.78, 5) is 23.7. The Hall–Kier alpha value is -3.48. The van der Waals surface area contributed by atoms with E-state index in [1.54, 1.807) is 24.3 Å². The van der Waals surface area contributed by atoms with E-state index >= 15 is 0 Å². The molecule has 7 nitrogen and oxygen atoms in total. The molecule has 0 spiro atoms. The van der Waals surface area contributed by atoms with Gasteiger partial charge in [-0.3, -0.25) is 9.59 Å². The van der Waals surface area contributed by atoms with E-state index in [9.17, 15) is 9.59 Å². The number of ketones is 1. The van der Waals surface area contributed by atoms with E-state index in [4.69, 9.17) is 5.73 Å². The number of nitrogens with one attached hydrogen (secondary N) is 1. The molecule has 0 saturated carbocycles. The number of nitrogens with zero attached hydrogens (tertiary/aromatic N) is 3. The third-order valence-corrected chi connectivity index (χ3v) is 3.72. The zero-order chi connectivity index (χ0) is 18.0. The van der Waals surface area contributed by atoms with E-state index in [2.05, 4.69) is 15.6 Å². The van der Waals surface area contributed by atoms with Crippen LogP contribution in [0.2, 0.25) is 0 Å². The van der Waals surface area contributed by atoms with Gasteiger partial charge in [-0.25, -0.2) is 0 Å². The third-order valence-electron chi connectivity index (χ3n) is 3.72. The average Bonchev–Trinajstić information content (AvgIpc) is 2.97. The summed E-state index contributed by atoms with van der Waals surface area (Å²) in [5, 5.41) is 10.5. The van der Waals surface area contributed by atoms with Gasteiger partial charge in [-0.05, 0) is 55.8 Å². The van der Waals surface area contributed by atoms with Crippen molar-refractivity contribution in [3.63, 3.8) is 0 Å². The van der Waals surface area contributed by atoms with Gasteiger partial charge in [0.15, 0.2) is 17.3 Å². The first kappa shape index (κ1) is 16.4. The Kier molecular flexibility index (Phi) is 4.30. The molecule has 0 unspecified atom stereocenters. The highest BCUT2D eigenvalue weighted by Gasteiger charge is 2.18. The second-order valence-electron chi connectivity index (χ2n) is 5.66. The minimum absolute atomic E-state index is 0.0387. The summed E-state index contributed by atoms with van der Waals surface area (Å²) in [5.74, 6) is -0.348. The van der Waals surface area contributed by atoms with Gasteiger partial charge in [0.05, 0.1) is 5.69 Å². The lowest BCUT2D eigenvalue weighted by atomic mass is 10.1. The van der Waals surface area contributed by atoms with Crippen LogP contribution in [-0.4, -0.2) is 26.7 Å². The van der Waals surface area contributed by atoms with Gasteiger partial charge in [0.25, 0.3) is 5.91 Å². The molecule has 0 bridgehead atoms. The molecule has 0 aliphatic carbocycles. The quantitative estimate of drug-likeness (QED) is 0.713. The first-order valence-corrected chi connectivity index (χ1v) is 7.66. The lowest BCUT2D eigenvalue weighted by molar-refractivity contribution is 0.101. The van der Waals surface area contributed by atoms with Crippen LogP contribution in [0.3, 0.4) is 0 Å². The zero-order valence-electron chi connectivity index (χ0n) is 13.9. The number of nitrogens with two attached hydrogens (primary N) is 1. The number of hydrogen-bond acceptors (Lipinski definition) is 5. The van der Waals surface area contributed by atoms with Crippen molar-refractivity contribution in [1.82, 2.24) is 15.0 Å². The molecule has 0 fully saturated rings. The smallest absolute Gasteiger partial charge is 0.280 e. The molecule has 1 aromatic heterocycles. The van der Waals surface area contributed by atoms with Crippen molar-refractivity contribution in [1.29, 1.82) is 0 Å². The van der Waals surface area contributed by atoms with Crippen LogP contribution in [0.15, 0.2) is 48.5 Å². The van der Waals surface area contributed by atoms with E-state index in [1.165, 1.54) is 11.6 Å². The zero-order valence-corrected chi connectivity index (χ0v) is 13.9. The van der Waals surface area contributed by atoms with Gasteiger partial charge >= 0.3 is 0 Å². The Labute approximate surface area is 144 Å². The molecule has 0 aliphatic rings. The van der Waals surface area contributed by atoms with E-state index < -0.39 is 5.91 Å². The van der Waals surface area contributed by atoms with Crippen molar-refractivity contribution >= 4 is 23.2 Å². The van der Waals surface area contributed by atoms with Crippen LogP contribution >= 0.6 is 0 Å². The highest BCUT2D eigenvalue weighted by Crippen LogP contribution is 2.18. The monoisotopic (exact) mass is 335 g/mol. The van der Waals surface area contributed by atoms with Crippen molar-refractivity contribution < 1.29 is 9.59 Å². The highest BCUT2D eigenvalue weighted by atomic mass is 16.2. The molecule has 3 rings (SSSR count). The Morgan fingerprint density at radius 2 is 1.84 bits per heavy atom. The Morgan fingerprint density at radius 3 is 2.48 bits per heavy atom. The van der Waals surface area contributed by atoms with E-state index in [1.807, 2.05) is 31.2 Å². The summed E-state index contributed by atoms with van der Waals surface area (Å²) in [6.45, 7) is 3.44. The van der Waals surface area contributed by atoms with Gasteiger partial charge in [0.2, 0.25) is 0 Å².